The minimum Gasteiger partial charge on any atom is -0.462 e. The normalized spacial score (nSPS) is 17.6. The average molecular weight is 410 g/mol. The first kappa shape index (κ1) is 19.0. The number of rotatable bonds is 5. The first-order valence-electron chi connectivity index (χ1n) is 10.6. The summed E-state index contributed by atoms with van der Waals surface area (Å²) in [4.78, 5) is 24.1. The van der Waals surface area contributed by atoms with E-state index in [1.165, 1.54) is 0 Å². The zero-order chi connectivity index (χ0) is 20.8. The molecule has 1 aliphatic carbocycles. The Labute approximate surface area is 174 Å². The zero-order valence-electron chi connectivity index (χ0n) is 17.6. The van der Waals surface area contributed by atoms with Gasteiger partial charge < -0.3 is 14.2 Å². The Kier molecular flexibility index (Phi) is 4.67. The molecule has 1 aliphatic heterocycles. The summed E-state index contributed by atoms with van der Waals surface area (Å²) in [5, 5.41) is 9.67. The number of esters is 1. The van der Waals surface area contributed by atoms with Crippen molar-refractivity contribution in [2.45, 2.75) is 51.4 Å². The number of fused-ring (bicyclic) bond motifs is 1. The van der Waals surface area contributed by atoms with E-state index in [4.69, 9.17) is 9.26 Å². The number of anilines is 1. The highest BCUT2D eigenvalue weighted by molar-refractivity contribution is 6.05. The van der Waals surface area contributed by atoms with Gasteiger partial charge in [-0.3, -0.25) is 4.68 Å². The Morgan fingerprint density at radius 2 is 2.00 bits per heavy atom. The summed E-state index contributed by atoms with van der Waals surface area (Å²) in [5.74, 6) is 2.01. The van der Waals surface area contributed by atoms with E-state index < -0.39 is 0 Å². The van der Waals surface area contributed by atoms with Crippen molar-refractivity contribution in [1.29, 1.82) is 0 Å². The maximum absolute atomic E-state index is 12.7. The summed E-state index contributed by atoms with van der Waals surface area (Å²) in [6.07, 6.45) is 5.71. The molecule has 0 unspecified atom stereocenters. The summed E-state index contributed by atoms with van der Waals surface area (Å²) >= 11 is 0. The van der Waals surface area contributed by atoms with Gasteiger partial charge in [0.1, 0.15) is 5.56 Å². The predicted octanol–water partition coefficient (Wildman–Crippen LogP) is 3.10. The van der Waals surface area contributed by atoms with Gasteiger partial charge in [0.15, 0.2) is 11.5 Å². The van der Waals surface area contributed by atoms with Crippen molar-refractivity contribution in [2.24, 2.45) is 7.05 Å². The average Bonchev–Trinajstić information content (AvgIpc) is 3.41. The Morgan fingerprint density at radius 3 is 2.70 bits per heavy atom. The van der Waals surface area contributed by atoms with Gasteiger partial charge in [-0.25, -0.2) is 9.78 Å². The summed E-state index contributed by atoms with van der Waals surface area (Å²) < 4.78 is 12.5. The summed E-state index contributed by atoms with van der Waals surface area (Å²) in [6.45, 7) is 5.67. The minimum absolute atomic E-state index is 0.274. The number of carbonyl (C=O) groups is 1. The molecule has 9 nitrogen and oxygen atoms in total. The molecule has 0 spiro atoms. The van der Waals surface area contributed by atoms with Gasteiger partial charge in [0, 0.05) is 38.2 Å². The molecule has 1 saturated heterocycles. The lowest BCUT2D eigenvalue weighted by Gasteiger charge is -2.33. The number of ether oxygens (including phenoxy) is 1. The van der Waals surface area contributed by atoms with Gasteiger partial charge in [0.05, 0.1) is 23.4 Å². The number of hydrogen-bond acceptors (Lipinski definition) is 8. The molecule has 1 saturated carbocycles. The topological polar surface area (TPSA) is 99.2 Å². The summed E-state index contributed by atoms with van der Waals surface area (Å²) in [7, 11) is 1.87. The van der Waals surface area contributed by atoms with E-state index in [-0.39, 0.29) is 11.9 Å². The van der Waals surface area contributed by atoms with E-state index in [1.54, 1.807) is 10.9 Å². The van der Waals surface area contributed by atoms with Crippen LogP contribution in [0.15, 0.2) is 10.7 Å². The molecule has 2 aliphatic rings. The maximum atomic E-state index is 12.7. The maximum Gasteiger partial charge on any atom is 0.341 e. The Morgan fingerprint density at radius 1 is 1.23 bits per heavy atom. The molecule has 4 heterocycles. The second-order valence-corrected chi connectivity index (χ2v) is 8.17. The highest BCUT2D eigenvalue weighted by atomic mass is 16.5. The standard InChI is InChI=1S/C21H26N6O3/c1-4-29-21(28)15-11-22-19-16(12(2)24-26(19)3)17(15)27-9-7-13(8-10-27)18-23-20(30-25-18)14-5-6-14/h11,13-14H,4-10H2,1-3H3. The Bertz CT molecular complexity index is 1090. The largest absolute Gasteiger partial charge is 0.462 e. The van der Waals surface area contributed by atoms with Gasteiger partial charge in [0.25, 0.3) is 0 Å². The number of hydrogen-bond donors (Lipinski definition) is 0. The lowest BCUT2D eigenvalue weighted by molar-refractivity contribution is 0.0526. The molecule has 0 aromatic carbocycles. The molecule has 5 rings (SSSR count). The lowest BCUT2D eigenvalue weighted by Crippen LogP contribution is -2.34. The predicted molar refractivity (Wildman–Crippen MR) is 110 cm³/mol. The molecular formula is C21H26N6O3. The van der Waals surface area contributed by atoms with Crippen molar-refractivity contribution in [1.82, 2.24) is 24.9 Å². The molecule has 158 valence electrons. The van der Waals surface area contributed by atoms with Gasteiger partial charge in [-0.1, -0.05) is 5.16 Å². The van der Waals surface area contributed by atoms with Gasteiger partial charge in [-0.2, -0.15) is 10.1 Å². The smallest absolute Gasteiger partial charge is 0.341 e. The van der Waals surface area contributed by atoms with Crippen LogP contribution < -0.4 is 4.90 Å². The van der Waals surface area contributed by atoms with Crippen LogP contribution in [0.4, 0.5) is 5.69 Å². The Hall–Kier alpha value is -2.97. The monoisotopic (exact) mass is 410 g/mol. The van der Waals surface area contributed by atoms with Crippen LogP contribution in [0.3, 0.4) is 0 Å². The molecule has 2 fully saturated rings. The first-order chi connectivity index (χ1) is 14.6. The van der Waals surface area contributed by atoms with Crippen LogP contribution in [0, 0.1) is 6.92 Å². The molecule has 3 aromatic heterocycles. The van der Waals surface area contributed by atoms with Gasteiger partial charge in [0.2, 0.25) is 5.89 Å². The first-order valence-corrected chi connectivity index (χ1v) is 10.6. The molecule has 3 aromatic rings. The number of piperidine rings is 1. The van der Waals surface area contributed by atoms with Crippen LogP contribution in [0.2, 0.25) is 0 Å². The van der Waals surface area contributed by atoms with Crippen LogP contribution in [0.5, 0.6) is 0 Å². The van der Waals surface area contributed by atoms with Crippen LogP contribution in [0.25, 0.3) is 11.0 Å². The third-order valence-electron chi connectivity index (χ3n) is 6.06. The van der Waals surface area contributed by atoms with E-state index in [0.29, 0.717) is 18.1 Å². The minimum atomic E-state index is -0.348. The van der Waals surface area contributed by atoms with Crippen LogP contribution in [-0.2, 0) is 11.8 Å². The fourth-order valence-corrected chi connectivity index (χ4v) is 4.35. The number of aromatic nitrogens is 5. The fraction of sp³-hybridized carbons (Fsp3) is 0.571. The van der Waals surface area contributed by atoms with Crippen LogP contribution in [-0.4, -0.2) is 50.6 Å². The highest BCUT2D eigenvalue weighted by Crippen LogP contribution is 2.40. The summed E-state index contributed by atoms with van der Waals surface area (Å²) in [5.41, 5.74) is 2.99. The number of carbonyl (C=O) groups excluding carboxylic acids is 1. The van der Waals surface area contributed by atoms with Gasteiger partial charge >= 0.3 is 5.97 Å². The van der Waals surface area contributed by atoms with Crippen molar-refractivity contribution >= 4 is 22.7 Å². The molecule has 0 N–H and O–H groups in total. The van der Waals surface area contributed by atoms with Gasteiger partial charge in [-0.15, -0.1) is 0 Å². The van der Waals surface area contributed by atoms with E-state index in [1.807, 2.05) is 20.9 Å². The third kappa shape index (κ3) is 3.22. The van der Waals surface area contributed by atoms with E-state index in [0.717, 1.165) is 72.9 Å². The molecule has 0 atom stereocenters. The van der Waals surface area contributed by atoms with Crippen molar-refractivity contribution in [3.05, 3.63) is 29.2 Å². The second-order valence-electron chi connectivity index (χ2n) is 8.17. The van der Waals surface area contributed by atoms with E-state index in [2.05, 4.69) is 25.1 Å². The Balaban J connectivity index is 1.45. The van der Waals surface area contributed by atoms with E-state index >= 15 is 0 Å². The third-order valence-corrected chi connectivity index (χ3v) is 6.06. The number of aryl methyl sites for hydroxylation is 2. The number of nitrogens with zero attached hydrogens (tertiary/aromatic N) is 6. The molecule has 30 heavy (non-hydrogen) atoms. The molecule has 0 amide bonds. The highest BCUT2D eigenvalue weighted by Gasteiger charge is 2.33. The zero-order valence-corrected chi connectivity index (χ0v) is 17.6. The fourth-order valence-electron chi connectivity index (χ4n) is 4.35. The van der Waals surface area contributed by atoms with Crippen molar-refractivity contribution in [3.63, 3.8) is 0 Å². The summed E-state index contributed by atoms with van der Waals surface area (Å²) in [6, 6.07) is 0. The SMILES string of the molecule is CCOC(=O)c1cnc2c(c(C)nn2C)c1N1CCC(c2noc(C3CC3)n2)CC1. The molecule has 0 radical (unpaired) electrons. The molecule has 9 heteroatoms. The lowest BCUT2D eigenvalue weighted by atomic mass is 9.95. The van der Waals surface area contributed by atoms with Crippen molar-refractivity contribution < 1.29 is 14.1 Å². The molecular weight excluding hydrogens is 384 g/mol. The van der Waals surface area contributed by atoms with Crippen LogP contribution >= 0.6 is 0 Å². The molecule has 0 bridgehead atoms. The van der Waals surface area contributed by atoms with Crippen molar-refractivity contribution in [2.75, 3.05) is 24.6 Å². The van der Waals surface area contributed by atoms with Crippen LogP contribution in [0.1, 0.15) is 72.2 Å². The van der Waals surface area contributed by atoms with E-state index in [9.17, 15) is 4.79 Å². The quantitative estimate of drug-likeness (QED) is 0.592. The second kappa shape index (κ2) is 7.37. The van der Waals surface area contributed by atoms with Crippen molar-refractivity contribution in [3.8, 4) is 0 Å². The number of pyridine rings is 1. The van der Waals surface area contributed by atoms with Gasteiger partial charge in [-0.05, 0) is 39.5 Å².